The highest BCUT2D eigenvalue weighted by Crippen LogP contribution is 2.33. The molecule has 1 heterocycles. The van der Waals surface area contributed by atoms with Crippen molar-refractivity contribution in [3.8, 4) is 47.9 Å². The van der Waals surface area contributed by atoms with Gasteiger partial charge in [-0.2, -0.15) is 13.2 Å². The van der Waals surface area contributed by atoms with Crippen LogP contribution in [0.25, 0.3) is 0 Å². The van der Waals surface area contributed by atoms with Crippen molar-refractivity contribution in [2.45, 2.75) is 19.0 Å². The molecule has 0 spiro atoms. The second-order valence-corrected chi connectivity index (χ2v) is 6.52. The molecule has 2 aromatic rings. The van der Waals surface area contributed by atoms with E-state index in [1.54, 1.807) is 5.32 Å². The number of hydrogen-bond acceptors (Lipinski definition) is 7. The summed E-state index contributed by atoms with van der Waals surface area (Å²) in [5, 5.41) is 21.1. The highest BCUT2D eigenvalue weighted by atomic mass is 19.4. The minimum Gasteiger partial charge on any atom is -0.492 e. The first-order chi connectivity index (χ1) is 16.1. The number of hydrogen-bond donors (Lipinski definition) is 3. The zero-order valence-corrected chi connectivity index (χ0v) is 17.5. The molecule has 0 fully saturated rings. The summed E-state index contributed by atoms with van der Waals surface area (Å²) in [6, 6.07) is 4.66. The molecule has 3 N–H and O–H groups in total. The maximum absolute atomic E-state index is 12.6. The molecule has 34 heavy (non-hydrogen) atoms. The molecule has 0 radical (unpaired) electrons. The largest absolute Gasteiger partial charge is 0.492 e. The van der Waals surface area contributed by atoms with Crippen LogP contribution in [0, 0.1) is 24.7 Å². The number of amides is 1. The van der Waals surface area contributed by atoms with Crippen molar-refractivity contribution in [1.82, 2.24) is 10.0 Å². The van der Waals surface area contributed by atoms with E-state index < -0.39 is 29.8 Å². The van der Waals surface area contributed by atoms with Gasteiger partial charge in [0.2, 0.25) is 11.8 Å². The lowest BCUT2D eigenvalue weighted by Gasteiger charge is -2.17. The average Bonchev–Trinajstić information content (AvgIpc) is 3.10. The lowest BCUT2D eigenvalue weighted by atomic mass is 10.0. The third-order valence-electron chi connectivity index (χ3n) is 4.14. The third-order valence-corrected chi connectivity index (χ3v) is 4.14. The standard InChI is InChI=1S/C22H19F3N2O7/c1-3-10-32-16-12-14(20(30)34-27-18(28)7-8-19(27)29)13-17(33-11-4-2)15(16)6-5-9-26-21(31)22(23,24)25/h1-2,7-8,12-13,28-29H,5-6,9-11H2,(H,26,31). The van der Waals surface area contributed by atoms with Gasteiger partial charge in [-0.3, -0.25) is 4.79 Å². The molecule has 2 rings (SSSR count). The molecule has 0 unspecified atom stereocenters. The number of nitrogens with one attached hydrogen (secondary N) is 1. The molecule has 180 valence electrons. The zero-order valence-electron chi connectivity index (χ0n) is 17.5. The molecule has 12 heteroatoms. The Bertz CT molecular complexity index is 1070. The van der Waals surface area contributed by atoms with Gasteiger partial charge in [0.15, 0.2) is 0 Å². The van der Waals surface area contributed by atoms with E-state index in [0.29, 0.717) is 10.3 Å². The molecule has 0 atom stereocenters. The maximum Gasteiger partial charge on any atom is 0.471 e. The number of carbonyl (C=O) groups is 2. The lowest BCUT2D eigenvalue weighted by molar-refractivity contribution is -0.173. The Balaban J connectivity index is 2.31. The van der Waals surface area contributed by atoms with Crippen LogP contribution in [0.1, 0.15) is 22.3 Å². The number of halogens is 3. The topological polar surface area (TPSA) is 119 Å². The van der Waals surface area contributed by atoms with E-state index in [1.807, 2.05) is 0 Å². The van der Waals surface area contributed by atoms with E-state index in [9.17, 15) is 33.0 Å². The molecular weight excluding hydrogens is 461 g/mol. The van der Waals surface area contributed by atoms with E-state index in [-0.39, 0.29) is 49.7 Å². The van der Waals surface area contributed by atoms with Crippen LogP contribution in [0.4, 0.5) is 13.2 Å². The smallest absolute Gasteiger partial charge is 0.471 e. The number of benzene rings is 1. The van der Waals surface area contributed by atoms with Crippen LogP contribution in [0.15, 0.2) is 24.3 Å². The second-order valence-electron chi connectivity index (χ2n) is 6.52. The lowest BCUT2D eigenvalue weighted by Crippen LogP contribution is -2.37. The van der Waals surface area contributed by atoms with Gasteiger partial charge in [0.25, 0.3) is 0 Å². The molecule has 0 saturated heterocycles. The van der Waals surface area contributed by atoms with Crippen molar-refractivity contribution < 1.29 is 47.3 Å². The fourth-order valence-corrected chi connectivity index (χ4v) is 2.68. The number of nitrogens with zero attached hydrogens (tertiary/aromatic N) is 1. The quantitative estimate of drug-likeness (QED) is 0.351. The zero-order chi connectivity index (χ0) is 25.3. The molecule has 1 aromatic heterocycles. The first kappa shape index (κ1) is 25.8. The molecule has 0 bridgehead atoms. The van der Waals surface area contributed by atoms with Crippen molar-refractivity contribution in [1.29, 1.82) is 0 Å². The molecule has 0 saturated carbocycles. The van der Waals surface area contributed by atoms with E-state index in [2.05, 4.69) is 11.8 Å². The molecular formula is C22H19F3N2O7. The van der Waals surface area contributed by atoms with Crippen molar-refractivity contribution in [2.24, 2.45) is 0 Å². The predicted octanol–water partition coefficient (Wildman–Crippen LogP) is 1.80. The van der Waals surface area contributed by atoms with Gasteiger partial charge in [-0.15, -0.1) is 17.6 Å². The Kier molecular flexibility index (Phi) is 8.67. The number of aromatic hydroxyl groups is 2. The monoisotopic (exact) mass is 480 g/mol. The van der Waals surface area contributed by atoms with Crippen LogP contribution in [-0.4, -0.2) is 52.8 Å². The summed E-state index contributed by atoms with van der Waals surface area (Å²) in [5.74, 6) is 0.407. The van der Waals surface area contributed by atoms with Gasteiger partial charge in [-0.1, -0.05) is 11.8 Å². The first-order valence-corrected chi connectivity index (χ1v) is 9.55. The Morgan fingerprint density at radius 3 is 2.03 bits per heavy atom. The van der Waals surface area contributed by atoms with E-state index in [0.717, 1.165) is 12.1 Å². The van der Waals surface area contributed by atoms with E-state index in [1.165, 1.54) is 12.1 Å². The number of carbonyl (C=O) groups excluding carboxylic acids is 2. The van der Waals surface area contributed by atoms with Crippen LogP contribution in [0.2, 0.25) is 0 Å². The Hall–Kier alpha value is -4.45. The number of ether oxygens (including phenoxy) is 2. The number of terminal acetylenes is 2. The highest BCUT2D eigenvalue weighted by molar-refractivity contribution is 5.91. The van der Waals surface area contributed by atoms with Crippen molar-refractivity contribution in [3.05, 3.63) is 35.4 Å². The fourth-order valence-electron chi connectivity index (χ4n) is 2.68. The SMILES string of the molecule is C#CCOc1cc(C(=O)On2c(O)ccc2O)cc(OCC#C)c1CCCNC(=O)C(F)(F)F. The summed E-state index contributed by atoms with van der Waals surface area (Å²) in [7, 11) is 0. The maximum atomic E-state index is 12.6. The van der Waals surface area contributed by atoms with Gasteiger partial charge in [0, 0.05) is 24.2 Å². The van der Waals surface area contributed by atoms with E-state index >= 15 is 0 Å². The summed E-state index contributed by atoms with van der Waals surface area (Å²) >= 11 is 0. The fraction of sp³-hybridized carbons (Fsp3) is 0.273. The summed E-state index contributed by atoms with van der Waals surface area (Å²) in [6.07, 6.45) is 5.55. The Labute approximate surface area is 192 Å². The van der Waals surface area contributed by atoms with Gasteiger partial charge in [-0.05, 0) is 25.0 Å². The molecule has 1 aromatic carbocycles. The molecule has 1 amide bonds. The number of aromatic nitrogens is 1. The van der Waals surface area contributed by atoms with Gasteiger partial charge in [0.05, 0.1) is 5.56 Å². The third kappa shape index (κ3) is 6.77. The minimum atomic E-state index is -5.01. The summed E-state index contributed by atoms with van der Waals surface area (Å²) in [4.78, 5) is 28.5. The molecule has 0 aliphatic heterocycles. The van der Waals surface area contributed by atoms with Crippen LogP contribution in [0.3, 0.4) is 0 Å². The summed E-state index contributed by atoms with van der Waals surface area (Å²) in [6.45, 7) is -0.744. The van der Waals surface area contributed by atoms with Crippen LogP contribution in [0.5, 0.6) is 23.3 Å². The van der Waals surface area contributed by atoms with Crippen molar-refractivity contribution in [2.75, 3.05) is 19.8 Å². The van der Waals surface area contributed by atoms with Gasteiger partial charge >= 0.3 is 18.1 Å². The molecule has 9 nitrogen and oxygen atoms in total. The summed E-state index contributed by atoms with van der Waals surface area (Å²) in [5.41, 5.74) is 0.190. The molecule has 0 aliphatic carbocycles. The Morgan fingerprint density at radius 1 is 1.03 bits per heavy atom. The number of alkyl halides is 3. The molecule has 0 aliphatic rings. The second kappa shape index (κ2) is 11.4. The number of rotatable bonds is 10. The van der Waals surface area contributed by atoms with Crippen LogP contribution in [-0.2, 0) is 11.2 Å². The minimum absolute atomic E-state index is 0.0511. The van der Waals surface area contributed by atoms with Crippen LogP contribution >= 0.6 is 0 Å². The van der Waals surface area contributed by atoms with Crippen LogP contribution < -0.4 is 19.6 Å². The van der Waals surface area contributed by atoms with Gasteiger partial charge < -0.3 is 29.8 Å². The highest BCUT2D eigenvalue weighted by Gasteiger charge is 2.38. The van der Waals surface area contributed by atoms with Gasteiger partial charge in [-0.25, -0.2) is 4.79 Å². The van der Waals surface area contributed by atoms with Gasteiger partial charge in [0.1, 0.15) is 24.7 Å². The average molecular weight is 480 g/mol. The van der Waals surface area contributed by atoms with Crippen molar-refractivity contribution >= 4 is 11.9 Å². The summed E-state index contributed by atoms with van der Waals surface area (Å²) < 4.78 is 48.4. The normalized spacial score (nSPS) is 10.6. The predicted molar refractivity (Wildman–Crippen MR) is 111 cm³/mol. The Morgan fingerprint density at radius 2 is 1.56 bits per heavy atom. The first-order valence-electron chi connectivity index (χ1n) is 9.55. The van der Waals surface area contributed by atoms with E-state index in [4.69, 9.17) is 27.2 Å². The van der Waals surface area contributed by atoms with Crippen molar-refractivity contribution in [3.63, 3.8) is 0 Å².